The first-order valence-corrected chi connectivity index (χ1v) is 10.00. The van der Waals surface area contributed by atoms with Gasteiger partial charge in [-0.25, -0.2) is 14.3 Å². The van der Waals surface area contributed by atoms with Crippen LogP contribution in [0.4, 0.5) is 4.79 Å². The number of carbonyl (C=O) groups excluding carboxylic acids is 1. The third-order valence-electron chi connectivity index (χ3n) is 4.84. The van der Waals surface area contributed by atoms with Crippen LogP contribution in [-0.2, 0) is 11.2 Å². The van der Waals surface area contributed by atoms with Gasteiger partial charge in [0.05, 0.1) is 24.4 Å². The average molecular weight is 433 g/mol. The quantitative estimate of drug-likeness (QED) is 0.528. The maximum atomic E-state index is 11.7. The number of hydrogen-bond donors (Lipinski definition) is 2. The van der Waals surface area contributed by atoms with Crippen LogP contribution < -0.4 is 10.5 Å². The van der Waals surface area contributed by atoms with Crippen LogP contribution in [-0.4, -0.2) is 44.6 Å². The van der Waals surface area contributed by atoms with Crippen LogP contribution >= 0.6 is 11.6 Å². The Morgan fingerprint density at radius 2 is 2.00 bits per heavy atom. The molecule has 0 spiro atoms. The number of fused-ring (bicyclic) bond motifs is 1. The number of rotatable bonds is 8. The van der Waals surface area contributed by atoms with E-state index in [2.05, 4.69) is 10.1 Å². The molecule has 0 aliphatic rings. The summed E-state index contributed by atoms with van der Waals surface area (Å²) in [5.41, 5.74) is 6.98. The summed E-state index contributed by atoms with van der Waals surface area (Å²) in [6.45, 7) is 5.87. The Kier molecular flexibility index (Phi) is 6.48. The van der Waals surface area contributed by atoms with Crippen molar-refractivity contribution in [3.8, 4) is 5.75 Å². The van der Waals surface area contributed by atoms with Gasteiger partial charge in [-0.3, -0.25) is 0 Å². The lowest BCUT2D eigenvalue weighted by Gasteiger charge is -2.35. The van der Waals surface area contributed by atoms with Crippen LogP contribution in [0.3, 0.4) is 0 Å². The molecule has 3 N–H and O–H groups in total. The van der Waals surface area contributed by atoms with Crippen molar-refractivity contribution in [1.29, 1.82) is 0 Å². The number of halogens is 1. The standard InChI is InChI=1S/C21H25ClN4O4/c1-4-29-14-7-5-13(6-8-14)17(21(2,3)30-20(23)28)18-15(10-12-27)19(22)25-16-9-11-24-26(16)18/h5-9,11,17,27H,4,10,12H2,1-3H3,(H2,23,28). The molecular formula is C21H25ClN4O4. The lowest BCUT2D eigenvalue weighted by atomic mass is 9.80. The van der Waals surface area contributed by atoms with Crippen LogP contribution in [0.25, 0.3) is 5.65 Å². The molecule has 0 saturated heterocycles. The van der Waals surface area contributed by atoms with Crippen LogP contribution in [0.5, 0.6) is 5.75 Å². The van der Waals surface area contributed by atoms with Crippen LogP contribution in [0.15, 0.2) is 36.5 Å². The van der Waals surface area contributed by atoms with Crippen molar-refractivity contribution in [2.45, 2.75) is 38.7 Å². The number of aliphatic hydroxyl groups is 1. The smallest absolute Gasteiger partial charge is 0.405 e. The number of nitrogens with two attached hydrogens (primary N) is 1. The molecule has 2 aromatic heterocycles. The van der Waals surface area contributed by atoms with Gasteiger partial charge >= 0.3 is 6.09 Å². The number of aromatic nitrogens is 3. The molecule has 3 aromatic rings. The van der Waals surface area contributed by atoms with Crippen molar-refractivity contribution in [3.05, 3.63) is 58.5 Å². The highest BCUT2D eigenvalue weighted by atomic mass is 35.5. The average Bonchev–Trinajstić information content (AvgIpc) is 3.12. The predicted octanol–water partition coefficient (Wildman–Crippen LogP) is 3.32. The zero-order valence-corrected chi connectivity index (χ0v) is 17.9. The minimum Gasteiger partial charge on any atom is -0.494 e. The Labute approximate surface area is 179 Å². The second-order valence-electron chi connectivity index (χ2n) is 7.30. The third kappa shape index (κ3) is 4.34. The van der Waals surface area contributed by atoms with Crippen molar-refractivity contribution in [1.82, 2.24) is 14.6 Å². The van der Waals surface area contributed by atoms with E-state index in [0.29, 0.717) is 23.5 Å². The first-order valence-electron chi connectivity index (χ1n) is 9.62. The van der Waals surface area contributed by atoms with Gasteiger partial charge in [-0.15, -0.1) is 0 Å². The van der Waals surface area contributed by atoms with E-state index in [0.717, 1.165) is 11.3 Å². The van der Waals surface area contributed by atoms with Crippen LogP contribution in [0, 0.1) is 0 Å². The summed E-state index contributed by atoms with van der Waals surface area (Å²) in [5.74, 6) is 0.214. The van der Waals surface area contributed by atoms with Gasteiger partial charge in [-0.2, -0.15) is 5.10 Å². The lowest BCUT2D eigenvalue weighted by Crippen LogP contribution is -2.39. The van der Waals surface area contributed by atoms with Gasteiger partial charge in [0.2, 0.25) is 0 Å². The second kappa shape index (κ2) is 8.89. The second-order valence-corrected chi connectivity index (χ2v) is 7.66. The molecule has 0 radical (unpaired) electrons. The molecule has 8 nitrogen and oxygen atoms in total. The Morgan fingerprint density at radius 3 is 2.60 bits per heavy atom. The molecule has 160 valence electrons. The van der Waals surface area contributed by atoms with E-state index in [9.17, 15) is 9.90 Å². The van der Waals surface area contributed by atoms with Gasteiger partial charge in [0.1, 0.15) is 16.5 Å². The molecule has 1 aromatic carbocycles. The highest BCUT2D eigenvalue weighted by Gasteiger charge is 2.39. The number of amides is 1. The van der Waals surface area contributed by atoms with E-state index in [1.807, 2.05) is 31.2 Å². The summed E-state index contributed by atoms with van der Waals surface area (Å²) in [6.07, 6.45) is 0.982. The Morgan fingerprint density at radius 1 is 1.30 bits per heavy atom. The molecule has 1 amide bonds. The molecule has 0 bridgehead atoms. The van der Waals surface area contributed by atoms with Crippen LogP contribution in [0.1, 0.15) is 43.5 Å². The summed E-state index contributed by atoms with van der Waals surface area (Å²) in [6, 6.07) is 9.22. The molecule has 30 heavy (non-hydrogen) atoms. The van der Waals surface area contributed by atoms with E-state index >= 15 is 0 Å². The van der Waals surface area contributed by atoms with Crippen molar-refractivity contribution in [2.75, 3.05) is 13.2 Å². The van der Waals surface area contributed by atoms with Crippen LogP contribution in [0.2, 0.25) is 5.15 Å². The molecule has 3 rings (SSSR count). The first kappa shape index (κ1) is 21.9. The number of hydrogen-bond acceptors (Lipinski definition) is 6. The summed E-state index contributed by atoms with van der Waals surface area (Å²) in [5, 5.41) is 14.3. The molecule has 1 atom stereocenters. The van der Waals surface area contributed by atoms with Crippen molar-refractivity contribution < 1.29 is 19.4 Å². The van der Waals surface area contributed by atoms with Gasteiger partial charge < -0.3 is 20.3 Å². The minimum absolute atomic E-state index is 0.131. The Hall–Kier alpha value is -2.84. The van der Waals surface area contributed by atoms with E-state index in [1.165, 1.54) is 0 Å². The normalized spacial score (nSPS) is 12.7. The van der Waals surface area contributed by atoms with Gasteiger partial charge in [-0.1, -0.05) is 23.7 Å². The van der Waals surface area contributed by atoms with Crippen molar-refractivity contribution in [2.24, 2.45) is 5.73 Å². The highest BCUT2D eigenvalue weighted by molar-refractivity contribution is 6.30. The fourth-order valence-corrected chi connectivity index (χ4v) is 4.02. The van der Waals surface area contributed by atoms with Crippen molar-refractivity contribution >= 4 is 23.3 Å². The zero-order chi connectivity index (χ0) is 21.9. The summed E-state index contributed by atoms with van der Waals surface area (Å²) >= 11 is 6.48. The zero-order valence-electron chi connectivity index (χ0n) is 17.1. The van der Waals surface area contributed by atoms with E-state index < -0.39 is 17.6 Å². The maximum absolute atomic E-state index is 11.7. The molecule has 0 saturated carbocycles. The van der Waals surface area contributed by atoms with E-state index in [-0.39, 0.29) is 18.2 Å². The van der Waals surface area contributed by atoms with E-state index in [4.69, 9.17) is 26.8 Å². The topological polar surface area (TPSA) is 112 Å². The van der Waals surface area contributed by atoms with Gasteiger partial charge in [0.25, 0.3) is 0 Å². The fraction of sp³-hybridized carbons (Fsp3) is 0.381. The number of aliphatic hydroxyl groups excluding tert-OH is 1. The number of primary amides is 1. The van der Waals surface area contributed by atoms with Gasteiger partial charge in [0.15, 0.2) is 5.65 Å². The van der Waals surface area contributed by atoms with E-state index in [1.54, 1.807) is 30.6 Å². The molecule has 2 heterocycles. The predicted molar refractivity (Wildman–Crippen MR) is 113 cm³/mol. The molecule has 0 aliphatic heterocycles. The monoisotopic (exact) mass is 432 g/mol. The SMILES string of the molecule is CCOc1ccc(C(c2c(CCO)c(Cl)nc3ccnn23)C(C)(C)OC(N)=O)cc1. The molecular weight excluding hydrogens is 408 g/mol. The lowest BCUT2D eigenvalue weighted by molar-refractivity contribution is 0.0315. The third-order valence-corrected chi connectivity index (χ3v) is 5.15. The number of nitrogens with zero attached hydrogens (tertiary/aromatic N) is 3. The molecule has 1 unspecified atom stereocenters. The van der Waals surface area contributed by atoms with Crippen molar-refractivity contribution in [3.63, 3.8) is 0 Å². The number of benzene rings is 1. The largest absolute Gasteiger partial charge is 0.494 e. The summed E-state index contributed by atoms with van der Waals surface area (Å²) < 4.78 is 12.7. The van der Waals surface area contributed by atoms with Gasteiger partial charge in [0, 0.05) is 24.7 Å². The molecule has 9 heteroatoms. The molecule has 0 aliphatic carbocycles. The molecule has 0 fully saturated rings. The highest BCUT2D eigenvalue weighted by Crippen LogP contribution is 2.41. The fourth-order valence-electron chi connectivity index (χ4n) is 3.74. The minimum atomic E-state index is -1.06. The maximum Gasteiger partial charge on any atom is 0.405 e. The Balaban J connectivity index is 2.28. The Bertz CT molecular complexity index is 1030. The number of ether oxygens (including phenoxy) is 2. The summed E-state index contributed by atoms with van der Waals surface area (Å²) in [7, 11) is 0. The summed E-state index contributed by atoms with van der Waals surface area (Å²) in [4.78, 5) is 16.1. The van der Waals surface area contributed by atoms with Gasteiger partial charge in [-0.05, 0) is 38.5 Å². The first-order chi connectivity index (χ1) is 14.3. The number of carbonyl (C=O) groups is 1.